The first-order chi connectivity index (χ1) is 14.2. The summed E-state index contributed by atoms with van der Waals surface area (Å²) in [6, 6.07) is 13.3. The van der Waals surface area contributed by atoms with E-state index in [1.807, 2.05) is 67.6 Å². The highest BCUT2D eigenvalue weighted by molar-refractivity contribution is 6.02. The van der Waals surface area contributed by atoms with Crippen LogP contribution in [0.15, 0.2) is 83.7 Å². The molecule has 2 aromatic carbocycles. The number of benzene rings is 2. The minimum atomic E-state index is 0.0969. The first kappa shape index (κ1) is 18.7. The van der Waals surface area contributed by atoms with Crippen LogP contribution in [0.4, 0.5) is 0 Å². The topological polar surface area (TPSA) is 59.9 Å². The first-order valence-corrected chi connectivity index (χ1v) is 9.50. The van der Waals surface area contributed by atoms with Crippen LogP contribution in [0.2, 0.25) is 0 Å². The van der Waals surface area contributed by atoms with Gasteiger partial charge in [0.25, 0.3) is 0 Å². The Kier molecular flexibility index (Phi) is 5.56. The Labute approximate surface area is 170 Å². The zero-order chi connectivity index (χ0) is 20.1. The number of nitrogens with one attached hydrogen (secondary N) is 1. The number of aldehydes is 1. The van der Waals surface area contributed by atoms with E-state index in [9.17, 15) is 4.79 Å². The molecule has 1 unspecified atom stereocenters. The highest BCUT2D eigenvalue weighted by atomic mass is 16.5. The van der Waals surface area contributed by atoms with Gasteiger partial charge in [-0.25, -0.2) is 0 Å². The van der Waals surface area contributed by atoms with Gasteiger partial charge in [-0.2, -0.15) is 0 Å². The Morgan fingerprint density at radius 1 is 1.07 bits per heavy atom. The highest BCUT2D eigenvalue weighted by Gasteiger charge is 2.17. The largest absolute Gasteiger partial charge is 0.489 e. The van der Waals surface area contributed by atoms with Crippen molar-refractivity contribution in [2.24, 2.45) is 4.99 Å². The Bertz CT molecular complexity index is 1030. The van der Waals surface area contributed by atoms with Gasteiger partial charge in [0.1, 0.15) is 24.7 Å². The van der Waals surface area contributed by atoms with E-state index in [2.05, 4.69) is 16.4 Å². The summed E-state index contributed by atoms with van der Waals surface area (Å²) in [5.74, 6) is 1.39. The Hall–Kier alpha value is -3.60. The van der Waals surface area contributed by atoms with Gasteiger partial charge < -0.3 is 14.8 Å². The van der Waals surface area contributed by atoms with Crippen molar-refractivity contribution in [3.8, 4) is 11.5 Å². The summed E-state index contributed by atoms with van der Waals surface area (Å²) in [5.41, 5.74) is 4.41. The van der Waals surface area contributed by atoms with Crippen molar-refractivity contribution in [3.63, 3.8) is 0 Å². The number of rotatable bonds is 7. The Balaban J connectivity index is 1.37. The number of allylic oxidation sites excluding steroid dienone is 2. The third kappa shape index (κ3) is 4.46. The molecule has 0 saturated carbocycles. The van der Waals surface area contributed by atoms with Gasteiger partial charge in [0.2, 0.25) is 0 Å². The number of ether oxygens (including phenoxy) is 2. The molecule has 1 heterocycles. The van der Waals surface area contributed by atoms with E-state index in [0.29, 0.717) is 30.3 Å². The van der Waals surface area contributed by atoms with Crippen LogP contribution in [0.25, 0.3) is 0 Å². The van der Waals surface area contributed by atoms with Gasteiger partial charge in [0.05, 0.1) is 17.5 Å². The molecule has 5 nitrogen and oxygen atoms in total. The Morgan fingerprint density at radius 3 is 2.69 bits per heavy atom. The fourth-order valence-electron chi connectivity index (χ4n) is 3.26. The second-order valence-electron chi connectivity index (χ2n) is 6.89. The van der Waals surface area contributed by atoms with Gasteiger partial charge in [-0.3, -0.25) is 9.79 Å². The van der Waals surface area contributed by atoms with E-state index in [0.717, 1.165) is 28.8 Å². The molecule has 1 aliphatic heterocycles. The maximum atomic E-state index is 11.3. The molecule has 0 amide bonds. The van der Waals surface area contributed by atoms with Gasteiger partial charge >= 0.3 is 0 Å². The van der Waals surface area contributed by atoms with Gasteiger partial charge in [0.15, 0.2) is 6.29 Å². The van der Waals surface area contributed by atoms with Gasteiger partial charge in [-0.05, 0) is 30.7 Å². The molecule has 146 valence electrons. The predicted molar refractivity (Wildman–Crippen MR) is 114 cm³/mol. The highest BCUT2D eigenvalue weighted by Crippen LogP contribution is 2.22. The summed E-state index contributed by atoms with van der Waals surface area (Å²) in [6.45, 7) is 2.63. The van der Waals surface area contributed by atoms with E-state index in [4.69, 9.17) is 9.47 Å². The van der Waals surface area contributed by atoms with Gasteiger partial charge in [-0.1, -0.05) is 42.5 Å². The third-order valence-corrected chi connectivity index (χ3v) is 4.84. The normalized spacial score (nSPS) is 16.9. The fraction of sp³-hybridized carbons (Fsp3) is 0.167. The van der Waals surface area contributed by atoms with Crippen LogP contribution in [0.1, 0.15) is 21.5 Å². The fourth-order valence-corrected chi connectivity index (χ4v) is 3.26. The number of carbonyl (C=O) groups is 1. The lowest BCUT2D eigenvalue weighted by Crippen LogP contribution is -2.38. The van der Waals surface area contributed by atoms with Crippen LogP contribution >= 0.6 is 0 Å². The molecule has 29 heavy (non-hydrogen) atoms. The second-order valence-corrected chi connectivity index (χ2v) is 6.89. The summed E-state index contributed by atoms with van der Waals surface area (Å²) in [5, 5.41) is 3.41. The monoisotopic (exact) mass is 386 g/mol. The van der Waals surface area contributed by atoms with E-state index < -0.39 is 0 Å². The molecular weight excluding hydrogens is 364 g/mol. The van der Waals surface area contributed by atoms with Crippen LogP contribution < -0.4 is 14.8 Å². The lowest BCUT2D eigenvalue weighted by atomic mass is 10.0. The molecule has 4 rings (SSSR count). The molecular formula is C24H22N2O3. The molecule has 1 N–H and O–H groups in total. The van der Waals surface area contributed by atoms with Crippen molar-refractivity contribution in [2.45, 2.75) is 19.6 Å². The molecule has 0 saturated heterocycles. The van der Waals surface area contributed by atoms with Crippen LogP contribution in [-0.2, 0) is 6.61 Å². The maximum Gasteiger partial charge on any atom is 0.150 e. The van der Waals surface area contributed by atoms with Crippen LogP contribution in [0.5, 0.6) is 11.5 Å². The summed E-state index contributed by atoms with van der Waals surface area (Å²) < 4.78 is 11.8. The number of hydrogen-bond acceptors (Lipinski definition) is 5. The van der Waals surface area contributed by atoms with Crippen molar-refractivity contribution in [3.05, 3.63) is 95.4 Å². The lowest BCUT2D eigenvalue weighted by Gasteiger charge is -2.24. The Morgan fingerprint density at radius 2 is 1.86 bits per heavy atom. The standard InChI is InChI=1S/C24H22N2O3/c1-17-6-4-7-18(22(17)14-27)15-28-20-8-5-9-21(12-20)29-16-19-13-25-23-10-2-3-11-24(23)26-19/h2-14,24,26H,15-16H2,1H3. The van der Waals surface area contributed by atoms with E-state index in [1.54, 1.807) is 6.20 Å². The van der Waals surface area contributed by atoms with Crippen molar-refractivity contribution in [2.75, 3.05) is 6.61 Å². The number of aryl methyl sites for hydroxylation is 1. The van der Waals surface area contributed by atoms with Crippen molar-refractivity contribution < 1.29 is 14.3 Å². The van der Waals surface area contributed by atoms with Crippen molar-refractivity contribution >= 4 is 12.0 Å². The average molecular weight is 386 g/mol. The number of fused-ring (bicyclic) bond motifs is 1. The number of carbonyl (C=O) groups excluding carboxylic acids is 1. The SMILES string of the molecule is Cc1cccc(COc2cccc(OCC3=CN=C4C=CC=CC4N3)c2)c1C=O. The molecule has 0 fully saturated rings. The molecule has 1 aliphatic carbocycles. The van der Waals surface area contributed by atoms with Crippen LogP contribution in [0.3, 0.4) is 0 Å². The van der Waals surface area contributed by atoms with Crippen LogP contribution in [0, 0.1) is 6.92 Å². The third-order valence-electron chi connectivity index (χ3n) is 4.84. The number of aliphatic imine (C=N–C) groups is 1. The average Bonchev–Trinajstić information content (AvgIpc) is 2.76. The van der Waals surface area contributed by atoms with E-state index >= 15 is 0 Å². The second kappa shape index (κ2) is 8.61. The first-order valence-electron chi connectivity index (χ1n) is 9.50. The molecule has 0 radical (unpaired) electrons. The smallest absolute Gasteiger partial charge is 0.150 e. The maximum absolute atomic E-state index is 11.3. The van der Waals surface area contributed by atoms with E-state index in [-0.39, 0.29) is 6.04 Å². The molecule has 2 aliphatic rings. The van der Waals surface area contributed by atoms with Crippen molar-refractivity contribution in [1.82, 2.24) is 5.32 Å². The predicted octanol–water partition coefficient (Wildman–Crippen LogP) is 4.15. The minimum Gasteiger partial charge on any atom is -0.489 e. The molecule has 1 atom stereocenters. The van der Waals surface area contributed by atoms with Gasteiger partial charge in [0, 0.05) is 23.4 Å². The number of nitrogens with zero attached hydrogens (tertiary/aromatic N) is 1. The zero-order valence-corrected chi connectivity index (χ0v) is 16.2. The summed E-state index contributed by atoms with van der Waals surface area (Å²) in [7, 11) is 0. The zero-order valence-electron chi connectivity index (χ0n) is 16.2. The summed E-state index contributed by atoms with van der Waals surface area (Å²) >= 11 is 0. The van der Waals surface area contributed by atoms with Crippen molar-refractivity contribution in [1.29, 1.82) is 0 Å². The molecule has 2 aromatic rings. The van der Waals surface area contributed by atoms with E-state index in [1.165, 1.54) is 0 Å². The molecule has 0 spiro atoms. The molecule has 0 aromatic heterocycles. The molecule has 5 heteroatoms. The lowest BCUT2D eigenvalue weighted by molar-refractivity contribution is 0.112. The summed E-state index contributed by atoms with van der Waals surface area (Å²) in [4.78, 5) is 15.8. The quantitative estimate of drug-likeness (QED) is 0.727. The van der Waals surface area contributed by atoms with Crippen LogP contribution in [-0.4, -0.2) is 24.6 Å². The summed E-state index contributed by atoms with van der Waals surface area (Å²) in [6.07, 6.45) is 10.7. The van der Waals surface area contributed by atoms with Gasteiger partial charge in [-0.15, -0.1) is 0 Å². The number of hydrogen-bond donors (Lipinski definition) is 1. The molecule has 0 bridgehead atoms. The minimum absolute atomic E-state index is 0.0969.